The maximum absolute atomic E-state index is 14.5. The van der Waals surface area contributed by atoms with Gasteiger partial charge >= 0.3 is 0 Å². The minimum atomic E-state index is -0.758. The number of fused-ring (bicyclic) bond motifs is 5. The molecule has 1 N–H and O–H groups in total. The third kappa shape index (κ3) is 4.59. The van der Waals surface area contributed by atoms with Gasteiger partial charge in [-0.3, -0.25) is 4.90 Å². The van der Waals surface area contributed by atoms with E-state index < -0.39 is 6.17 Å². The lowest BCUT2D eigenvalue weighted by Crippen LogP contribution is -2.51. The van der Waals surface area contributed by atoms with Crippen molar-refractivity contribution in [2.24, 2.45) is 5.18 Å². The van der Waals surface area contributed by atoms with Gasteiger partial charge in [0.05, 0.1) is 16.6 Å². The van der Waals surface area contributed by atoms with Crippen molar-refractivity contribution >= 4 is 44.8 Å². The van der Waals surface area contributed by atoms with Crippen molar-refractivity contribution in [1.82, 2.24) is 25.2 Å². The van der Waals surface area contributed by atoms with Gasteiger partial charge in [0, 0.05) is 54.8 Å². The molecule has 43 heavy (non-hydrogen) atoms. The zero-order chi connectivity index (χ0) is 29.3. The van der Waals surface area contributed by atoms with Gasteiger partial charge in [-0.05, 0) is 80.1 Å². The van der Waals surface area contributed by atoms with Crippen LogP contribution in [0, 0.1) is 11.8 Å². The van der Waals surface area contributed by atoms with Crippen molar-refractivity contribution in [3.63, 3.8) is 0 Å². The summed E-state index contributed by atoms with van der Waals surface area (Å²) in [5.41, 5.74) is 3.41. The minimum Gasteiger partial charge on any atom is -0.353 e. The predicted octanol–water partition coefficient (Wildman–Crippen LogP) is 6.65. The second-order valence-electron chi connectivity index (χ2n) is 13.0. The number of pyridine rings is 1. The second-order valence-corrected chi connectivity index (χ2v) is 13.3. The van der Waals surface area contributed by atoms with Crippen molar-refractivity contribution in [2.45, 2.75) is 75.7 Å². The van der Waals surface area contributed by atoms with E-state index in [0.29, 0.717) is 48.0 Å². The Hall–Kier alpha value is -3.27. The summed E-state index contributed by atoms with van der Waals surface area (Å²) in [7, 11) is 0. The molecule has 2 bridgehead atoms. The highest BCUT2D eigenvalue weighted by Crippen LogP contribution is 2.44. The molecule has 0 saturated carbocycles. The molecular weight excluding hydrogens is 565 g/mol. The molecule has 0 spiro atoms. The van der Waals surface area contributed by atoms with E-state index in [1.54, 1.807) is 12.1 Å². The molecule has 0 radical (unpaired) electrons. The summed E-state index contributed by atoms with van der Waals surface area (Å²) >= 11 is 7.08. The third-order valence-electron chi connectivity index (χ3n) is 10.4. The lowest BCUT2D eigenvalue weighted by molar-refractivity contribution is 0.181. The fraction of sp³-hybridized carbons (Fsp3) is 0.485. The third-order valence-corrected chi connectivity index (χ3v) is 10.6. The lowest BCUT2D eigenvalue weighted by Gasteiger charge is -2.35. The number of nitrogens with one attached hydrogen (secondary N) is 1. The molecule has 222 valence electrons. The number of benzene rings is 2. The summed E-state index contributed by atoms with van der Waals surface area (Å²) in [6.07, 6.45) is 5.81. The van der Waals surface area contributed by atoms with Crippen molar-refractivity contribution in [2.75, 3.05) is 31.1 Å². The maximum Gasteiger partial charge on any atom is 0.143 e. The molecule has 4 aliphatic rings. The molecule has 4 fully saturated rings. The van der Waals surface area contributed by atoms with Crippen LogP contribution in [0.25, 0.3) is 32.9 Å². The number of aryl methyl sites for hydroxylation is 2. The lowest BCUT2D eigenvalue weighted by atomic mass is 9.88. The van der Waals surface area contributed by atoms with Crippen LogP contribution in [0.1, 0.15) is 49.9 Å². The normalized spacial score (nSPS) is 27.0. The maximum atomic E-state index is 14.5. The Morgan fingerprint density at radius 1 is 1.12 bits per heavy atom. The zero-order valence-corrected chi connectivity index (χ0v) is 25.1. The molecule has 10 heteroatoms. The first kappa shape index (κ1) is 27.3. The van der Waals surface area contributed by atoms with Crippen LogP contribution in [0.3, 0.4) is 0 Å². The van der Waals surface area contributed by atoms with Gasteiger partial charge in [-0.25, -0.2) is 19.3 Å². The van der Waals surface area contributed by atoms with Crippen LogP contribution >= 0.6 is 11.6 Å². The standard InChI is InChI=1S/C33H35ClFN7O/c1-19-29(26-14-24(40-43)13-20-5-2-3-6-25(20)26)39-31(34)28-30(19)37-27(9-11-33-10-4-12-42(33)16-21(35)15-33)38-32(28)41-17-22-7-8-23(18-41)36-22/h2-3,5-6,13-14,21-23,36H,4,7-12,15-18H2,1H3/t21-,22?,23?,33-/m1/s1. The molecule has 4 aromatic rings. The van der Waals surface area contributed by atoms with E-state index in [1.165, 1.54) is 0 Å². The first-order valence-corrected chi connectivity index (χ1v) is 15.9. The Balaban J connectivity index is 1.28. The summed E-state index contributed by atoms with van der Waals surface area (Å²) in [4.78, 5) is 31.7. The van der Waals surface area contributed by atoms with Crippen molar-refractivity contribution in [1.29, 1.82) is 0 Å². The SMILES string of the molecule is Cc1c(-c2cc(N=O)cc3ccccc23)nc(Cl)c2c(N3CC4CCC(C3)N4)nc(CC[C@@]34CCCN3C[C@H](F)C4)nc12. The summed E-state index contributed by atoms with van der Waals surface area (Å²) in [6.45, 7) is 5.26. The number of hydrogen-bond acceptors (Lipinski definition) is 8. The van der Waals surface area contributed by atoms with E-state index in [9.17, 15) is 9.30 Å². The fourth-order valence-corrected chi connectivity index (χ4v) is 8.64. The smallest absolute Gasteiger partial charge is 0.143 e. The molecule has 4 atom stereocenters. The largest absolute Gasteiger partial charge is 0.353 e. The van der Waals surface area contributed by atoms with Crippen LogP contribution < -0.4 is 10.2 Å². The number of piperazine rings is 1. The molecule has 2 aromatic carbocycles. The van der Waals surface area contributed by atoms with Crippen LogP contribution in [0.2, 0.25) is 5.15 Å². The Labute approximate surface area is 255 Å². The molecule has 0 amide bonds. The van der Waals surface area contributed by atoms with Crippen LogP contribution in [0.5, 0.6) is 0 Å². The van der Waals surface area contributed by atoms with E-state index in [2.05, 4.69) is 20.3 Å². The van der Waals surface area contributed by atoms with Crippen LogP contribution in [0.4, 0.5) is 15.9 Å². The van der Waals surface area contributed by atoms with E-state index >= 15 is 0 Å². The van der Waals surface area contributed by atoms with Gasteiger partial charge < -0.3 is 10.2 Å². The minimum absolute atomic E-state index is 0.0939. The van der Waals surface area contributed by atoms with Gasteiger partial charge in [-0.15, -0.1) is 4.91 Å². The van der Waals surface area contributed by atoms with E-state index in [0.717, 1.165) is 96.2 Å². The number of rotatable bonds is 6. The zero-order valence-electron chi connectivity index (χ0n) is 24.3. The second kappa shape index (κ2) is 10.4. The summed E-state index contributed by atoms with van der Waals surface area (Å²) in [5.74, 6) is 1.61. The number of aromatic nitrogens is 3. The van der Waals surface area contributed by atoms with Crippen molar-refractivity contribution in [3.8, 4) is 11.3 Å². The molecular formula is C33H35ClFN7O. The number of nitroso groups, excluding NO2 is 1. The Bertz CT molecular complexity index is 1760. The summed E-state index contributed by atoms with van der Waals surface area (Å²) in [6, 6.07) is 12.3. The average Bonchev–Trinajstić information content (AvgIpc) is 3.67. The Morgan fingerprint density at radius 2 is 1.93 bits per heavy atom. The first-order chi connectivity index (χ1) is 20.9. The summed E-state index contributed by atoms with van der Waals surface area (Å²) < 4.78 is 14.5. The van der Waals surface area contributed by atoms with Crippen LogP contribution in [-0.4, -0.2) is 69.8 Å². The highest BCUT2D eigenvalue weighted by molar-refractivity contribution is 6.35. The van der Waals surface area contributed by atoms with Gasteiger partial charge in [0.1, 0.15) is 28.7 Å². The van der Waals surface area contributed by atoms with E-state index in [1.807, 2.05) is 31.2 Å². The molecule has 8 rings (SSSR count). The molecule has 4 aliphatic heterocycles. The molecule has 6 heterocycles. The Kier molecular flexibility index (Phi) is 6.62. The van der Waals surface area contributed by atoms with E-state index in [4.69, 9.17) is 26.6 Å². The molecule has 2 unspecified atom stereocenters. The monoisotopic (exact) mass is 599 g/mol. The predicted molar refractivity (Wildman–Crippen MR) is 169 cm³/mol. The number of halogens is 2. The topological polar surface area (TPSA) is 86.6 Å². The van der Waals surface area contributed by atoms with Gasteiger partial charge in [-0.1, -0.05) is 35.9 Å². The average molecular weight is 600 g/mol. The highest BCUT2D eigenvalue weighted by Gasteiger charge is 2.48. The first-order valence-electron chi connectivity index (χ1n) is 15.5. The van der Waals surface area contributed by atoms with Crippen LogP contribution in [-0.2, 0) is 6.42 Å². The molecule has 4 saturated heterocycles. The van der Waals surface area contributed by atoms with Crippen molar-refractivity contribution < 1.29 is 4.39 Å². The van der Waals surface area contributed by atoms with Gasteiger partial charge in [0.15, 0.2) is 0 Å². The molecule has 2 aromatic heterocycles. The summed E-state index contributed by atoms with van der Waals surface area (Å²) in [5, 5.41) is 9.97. The van der Waals surface area contributed by atoms with Crippen LogP contribution in [0.15, 0.2) is 41.6 Å². The van der Waals surface area contributed by atoms with Gasteiger partial charge in [0.25, 0.3) is 0 Å². The highest BCUT2D eigenvalue weighted by atomic mass is 35.5. The molecule has 0 aliphatic carbocycles. The number of hydrogen-bond donors (Lipinski definition) is 1. The Morgan fingerprint density at radius 3 is 2.74 bits per heavy atom. The molecule has 8 nitrogen and oxygen atoms in total. The number of nitrogens with zero attached hydrogens (tertiary/aromatic N) is 6. The van der Waals surface area contributed by atoms with Crippen molar-refractivity contribution in [3.05, 3.63) is 57.8 Å². The number of anilines is 1. The number of alkyl halides is 1. The fourth-order valence-electron chi connectivity index (χ4n) is 8.38. The quantitative estimate of drug-likeness (QED) is 0.196. The van der Waals surface area contributed by atoms with Gasteiger partial charge in [0.2, 0.25) is 0 Å². The van der Waals surface area contributed by atoms with Gasteiger partial charge in [-0.2, -0.15) is 0 Å². The van der Waals surface area contributed by atoms with E-state index in [-0.39, 0.29) is 5.54 Å².